The quantitative estimate of drug-likeness (QED) is 0.434. The summed E-state index contributed by atoms with van der Waals surface area (Å²) < 4.78 is 5.42. The highest BCUT2D eigenvalue weighted by Gasteiger charge is 2.19. The molecule has 1 saturated carbocycles. The first-order valence-electron chi connectivity index (χ1n) is 6.79. The zero-order valence-corrected chi connectivity index (χ0v) is 11.7. The maximum atomic E-state index is 11.9. The van der Waals surface area contributed by atoms with Crippen molar-refractivity contribution in [2.75, 3.05) is 0 Å². The maximum Gasteiger partial charge on any atom is 0.338 e. The Labute approximate surface area is 122 Å². The molecule has 0 amide bonds. The van der Waals surface area contributed by atoms with Gasteiger partial charge in [-0.25, -0.2) is 9.79 Å². The number of hydrogen-bond donors (Lipinski definition) is 3. The summed E-state index contributed by atoms with van der Waals surface area (Å²) in [6, 6.07) is 6.58. The van der Waals surface area contributed by atoms with E-state index in [0.29, 0.717) is 11.3 Å². The Morgan fingerprint density at radius 3 is 2.29 bits per heavy atom. The van der Waals surface area contributed by atoms with Gasteiger partial charge >= 0.3 is 5.97 Å². The Morgan fingerprint density at radius 2 is 1.71 bits per heavy atom. The fraction of sp³-hybridized carbons (Fsp3) is 0.357. The summed E-state index contributed by atoms with van der Waals surface area (Å²) in [6.45, 7) is 0. The van der Waals surface area contributed by atoms with E-state index in [1.54, 1.807) is 24.3 Å². The van der Waals surface area contributed by atoms with Gasteiger partial charge in [0.25, 0.3) is 0 Å². The van der Waals surface area contributed by atoms with E-state index in [1.165, 1.54) is 0 Å². The van der Waals surface area contributed by atoms with E-state index in [9.17, 15) is 4.79 Å². The van der Waals surface area contributed by atoms with E-state index >= 15 is 0 Å². The molecule has 1 aromatic carbocycles. The van der Waals surface area contributed by atoms with Crippen LogP contribution in [0, 0.1) is 0 Å². The zero-order chi connectivity index (χ0) is 15.2. The molecule has 0 heterocycles. The minimum atomic E-state index is -0.311. The summed E-state index contributed by atoms with van der Waals surface area (Å²) in [4.78, 5) is 19.5. The van der Waals surface area contributed by atoms with Crippen LogP contribution in [-0.4, -0.2) is 24.0 Å². The van der Waals surface area contributed by atoms with Crippen molar-refractivity contribution in [3.8, 4) is 0 Å². The number of hydrogen-bond acceptors (Lipinski definition) is 3. The molecule has 112 valence electrons. The molecule has 7 heteroatoms. The van der Waals surface area contributed by atoms with Gasteiger partial charge < -0.3 is 21.9 Å². The lowest BCUT2D eigenvalue weighted by atomic mass is 10.2. The maximum absolute atomic E-state index is 11.9. The molecular formula is C14H19N5O2. The molecule has 0 aromatic heterocycles. The molecular weight excluding hydrogens is 270 g/mol. The molecule has 1 aromatic rings. The molecule has 6 N–H and O–H groups in total. The topological polar surface area (TPSA) is 129 Å². The molecule has 2 rings (SSSR count). The highest BCUT2D eigenvalue weighted by molar-refractivity contribution is 5.94. The standard InChI is InChI=1S/C14H19N5O2/c15-13(16)19-14(17)18-10-7-5-9(6-8-10)12(20)21-11-3-1-2-4-11/h5-8,11H,1-4H2,(H6,15,16,17,18,19). The van der Waals surface area contributed by atoms with E-state index < -0.39 is 0 Å². The normalized spacial score (nSPS) is 15.7. The lowest BCUT2D eigenvalue weighted by Crippen LogP contribution is -2.26. The molecule has 21 heavy (non-hydrogen) atoms. The van der Waals surface area contributed by atoms with Crippen LogP contribution in [0.15, 0.2) is 34.3 Å². The molecule has 0 atom stereocenters. The number of ether oxygens (including phenoxy) is 1. The number of esters is 1. The van der Waals surface area contributed by atoms with Crippen molar-refractivity contribution in [2.45, 2.75) is 31.8 Å². The van der Waals surface area contributed by atoms with E-state index in [2.05, 4.69) is 9.98 Å². The number of rotatable bonds is 3. The van der Waals surface area contributed by atoms with E-state index in [0.717, 1.165) is 25.7 Å². The highest BCUT2D eigenvalue weighted by Crippen LogP contribution is 2.22. The molecule has 0 saturated heterocycles. The van der Waals surface area contributed by atoms with Crippen molar-refractivity contribution in [1.82, 2.24) is 0 Å². The van der Waals surface area contributed by atoms with Crippen LogP contribution < -0.4 is 17.2 Å². The molecule has 0 unspecified atom stereocenters. The summed E-state index contributed by atoms with van der Waals surface area (Å²) in [5.74, 6) is -0.515. The third-order valence-electron chi connectivity index (χ3n) is 3.17. The fourth-order valence-electron chi connectivity index (χ4n) is 2.19. The van der Waals surface area contributed by atoms with Crippen molar-refractivity contribution in [2.24, 2.45) is 27.2 Å². The Balaban J connectivity index is 2.01. The van der Waals surface area contributed by atoms with Gasteiger partial charge in [0.15, 0.2) is 5.96 Å². The molecule has 1 aliphatic rings. The zero-order valence-electron chi connectivity index (χ0n) is 11.7. The predicted molar refractivity (Wildman–Crippen MR) is 81.2 cm³/mol. The van der Waals surface area contributed by atoms with Crippen LogP contribution in [0.4, 0.5) is 5.69 Å². The summed E-state index contributed by atoms with van der Waals surface area (Å²) in [7, 11) is 0. The van der Waals surface area contributed by atoms with Gasteiger partial charge in [0.1, 0.15) is 6.10 Å². The number of benzene rings is 1. The van der Waals surface area contributed by atoms with Crippen LogP contribution in [0.2, 0.25) is 0 Å². The van der Waals surface area contributed by atoms with Gasteiger partial charge in [0.2, 0.25) is 5.96 Å². The summed E-state index contributed by atoms with van der Waals surface area (Å²) in [6.07, 6.45) is 4.19. The predicted octanol–water partition coefficient (Wildman–Crippen LogP) is 1.01. The summed E-state index contributed by atoms with van der Waals surface area (Å²) in [5, 5.41) is 0. The number of nitrogens with two attached hydrogens (primary N) is 3. The molecule has 1 fully saturated rings. The van der Waals surface area contributed by atoms with Gasteiger partial charge in [-0.1, -0.05) is 0 Å². The Morgan fingerprint density at radius 1 is 1.10 bits per heavy atom. The first-order chi connectivity index (χ1) is 10.0. The molecule has 0 radical (unpaired) electrons. The van der Waals surface area contributed by atoms with Crippen molar-refractivity contribution in [1.29, 1.82) is 0 Å². The van der Waals surface area contributed by atoms with Crippen LogP contribution in [0.1, 0.15) is 36.0 Å². The lowest BCUT2D eigenvalue weighted by molar-refractivity contribution is 0.0318. The van der Waals surface area contributed by atoms with E-state index in [-0.39, 0.29) is 24.0 Å². The van der Waals surface area contributed by atoms with E-state index in [1.807, 2.05) is 0 Å². The number of guanidine groups is 2. The molecule has 1 aliphatic carbocycles. The number of nitrogens with zero attached hydrogens (tertiary/aromatic N) is 2. The van der Waals surface area contributed by atoms with Crippen LogP contribution in [-0.2, 0) is 4.74 Å². The minimum Gasteiger partial charge on any atom is -0.459 e. The number of aliphatic imine (C=N–C) groups is 2. The molecule has 0 bridgehead atoms. The molecule has 0 spiro atoms. The average Bonchev–Trinajstić information content (AvgIpc) is 2.91. The highest BCUT2D eigenvalue weighted by atomic mass is 16.5. The summed E-state index contributed by atoms with van der Waals surface area (Å²) >= 11 is 0. The number of carbonyl (C=O) groups is 1. The van der Waals surface area contributed by atoms with Crippen molar-refractivity contribution >= 4 is 23.6 Å². The second kappa shape index (κ2) is 6.74. The SMILES string of the molecule is NC(N)=NC(N)=Nc1ccc(C(=O)OC2CCCC2)cc1. The Kier molecular flexibility index (Phi) is 4.76. The smallest absolute Gasteiger partial charge is 0.338 e. The van der Waals surface area contributed by atoms with Gasteiger partial charge in [-0.05, 0) is 49.9 Å². The Bertz CT molecular complexity index is 555. The summed E-state index contributed by atoms with van der Waals surface area (Å²) in [5.41, 5.74) is 17.0. The van der Waals surface area contributed by atoms with Crippen LogP contribution in [0.5, 0.6) is 0 Å². The first kappa shape index (κ1) is 14.8. The van der Waals surface area contributed by atoms with Crippen LogP contribution in [0.25, 0.3) is 0 Å². The number of carbonyl (C=O) groups excluding carboxylic acids is 1. The first-order valence-corrected chi connectivity index (χ1v) is 6.79. The largest absolute Gasteiger partial charge is 0.459 e. The minimum absolute atomic E-state index is 0.0451. The van der Waals surface area contributed by atoms with E-state index in [4.69, 9.17) is 21.9 Å². The van der Waals surface area contributed by atoms with Crippen molar-refractivity contribution in [3.63, 3.8) is 0 Å². The molecule has 0 aliphatic heterocycles. The van der Waals surface area contributed by atoms with Crippen LogP contribution in [0.3, 0.4) is 0 Å². The fourth-order valence-corrected chi connectivity index (χ4v) is 2.19. The molecule has 7 nitrogen and oxygen atoms in total. The van der Waals surface area contributed by atoms with Gasteiger partial charge in [-0.3, -0.25) is 0 Å². The van der Waals surface area contributed by atoms with Gasteiger partial charge in [-0.2, -0.15) is 4.99 Å². The average molecular weight is 289 g/mol. The lowest BCUT2D eigenvalue weighted by Gasteiger charge is -2.11. The second-order valence-corrected chi connectivity index (χ2v) is 4.87. The van der Waals surface area contributed by atoms with Crippen molar-refractivity contribution in [3.05, 3.63) is 29.8 Å². The van der Waals surface area contributed by atoms with Gasteiger partial charge in [0, 0.05) is 0 Å². The van der Waals surface area contributed by atoms with Crippen LogP contribution >= 0.6 is 0 Å². The van der Waals surface area contributed by atoms with Crippen molar-refractivity contribution < 1.29 is 9.53 Å². The third kappa shape index (κ3) is 4.48. The third-order valence-corrected chi connectivity index (χ3v) is 3.17. The monoisotopic (exact) mass is 289 g/mol. The van der Waals surface area contributed by atoms with Gasteiger partial charge in [0.05, 0.1) is 11.3 Å². The Hall–Kier alpha value is -2.57. The van der Waals surface area contributed by atoms with Gasteiger partial charge in [-0.15, -0.1) is 0 Å². The second-order valence-electron chi connectivity index (χ2n) is 4.87.